The normalized spacial score (nSPS) is 28.9. The maximum absolute atomic E-state index is 13.3. The molecule has 0 saturated carbocycles. The predicted octanol–water partition coefficient (Wildman–Crippen LogP) is 4.42. The van der Waals surface area contributed by atoms with Gasteiger partial charge in [0.1, 0.15) is 18.2 Å². The van der Waals surface area contributed by atoms with Crippen LogP contribution in [0.25, 0.3) is 0 Å². The second-order valence-electron chi connectivity index (χ2n) is 15.6. The largest absolute Gasteiger partial charge is 0.462 e. The minimum absolute atomic E-state index is 0.0519. The number of allylic oxidation sites excluding steroid dienone is 3. The first-order chi connectivity index (χ1) is 26.5. The van der Waals surface area contributed by atoms with Gasteiger partial charge in [0.05, 0.1) is 23.7 Å². The summed E-state index contributed by atoms with van der Waals surface area (Å²) in [6, 6.07) is 4.00. The molecule has 14 heteroatoms. The Labute approximate surface area is 321 Å². The third-order valence-electron chi connectivity index (χ3n) is 11.4. The van der Waals surface area contributed by atoms with Crippen LogP contribution >= 0.6 is 0 Å². The van der Waals surface area contributed by atoms with Gasteiger partial charge in [0.2, 0.25) is 11.8 Å². The molecule has 2 saturated heterocycles. The zero-order chi connectivity index (χ0) is 39.1. The molecular formula is C41H54N4O10. The van der Waals surface area contributed by atoms with Crippen LogP contribution in [0.15, 0.2) is 42.0 Å². The SMILES string of the molecule is C[C@H]1C=C2C=C[C@H](C)[C@H](CC[C@@H]3C[C@@H](O)CC(=O)O3)[C@H]2[C@@H](OC(=O)NCCCCOCCCCNc2cccc3c2C(=O)N(C2CCC(=O)NC2=O)C3=O)C1. The van der Waals surface area contributed by atoms with Gasteiger partial charge in [-0.15, -0.1) is 0 Å². The van der Waals surface area contributed by atoms with Crippen molar-refractivity contribution >= 4 is 41.4 Å². The Hall–Kier alpha value is -4.56. The number of hydrogen-bond acceptors (Lipinski definition) is 11. The van der Waals surface area contributed by atoms with Crippen molar-refractivity contribution < 1.29 is 48.1 Å². The molecule has 55 heavy (non-hydrogen) atoms. The fraction of sp³-hybridized carbons (Fsp3) is 0.610. The highest BCUT2D eigenvalue weighted by molar-refractivity contribution is 6.25. The summed E-state index contributed by atoms with van der Waals surface area (Å²) in [5.74, 6) is -1.64. The van der Waals surface area contributed by atoms with Gasteiger partial charge in [0, 0.05) is 50.8 Å². The number of carbonyl (C=O) groups is 6. The number of piperidine rings is 1. The molecule has 3 heterocycles. The number of cyclic esters (lactones) is 1. The summed E-state index contributed by atoms with van der Waals surface area (Å²) in [5, 5.41) is 18.4. The van der Waals surface area contributed by atoms with Crippen molar-refractivity contribution in [3.05, 3.63) is 53.1 Å². The molecule has 2 aliphatic carbocycles. The molecule has 1 unspecified atom stereocenters. The number of alkyl carbamates (subject to hydrolysis) is 1. The van der Waals surface area contributed by atoms with Crippen LogP contribution in [-0.4, -0.2) is 96.4 Å². The van der Waals surface area contributed by atoms with E-state index in [1.807, 2.05) is 0 Å². The Morgan fingerprint density at radius 2 is 1.78 bits per heavy atom. The van der Waals surface area contributed by atoms with Gasteiger partial charge < -0.3 is 30.0 Å². The average Bonchev–Trinajstić information content (AvgIpc) is 3.39. The van der Waals surface area contributed by atoms with Crippen LogP contribution in [0.4, 0.5) is 10.5 Å². The molecule has 0 radical (unpaired) electrons. The van der Waals surface area contributed by atoms with E-state index in [-0.39, 0.29) is 72.2 Å². The van der Waals surface area contributed by atoms with Gasteiger partial charge in [0.25, 0.3) is 11.8 Å². The number of esters is 1. The number of nitrogens with zero attached hydrogens (tertiary/aromatic N) is 1. The minimum Gasteiger partial charge on any atom is -0.462 e. The number of amides is 5. The fourth-order valence-electron chi connectivity index (χ4n) is 8.65. The van der Waals surface area contributed by atoms with Crippen LogP contribution < -0.4 is 16.0 Å². The van der Waals surface area contributed by atoms with E-state index in [0.29, 0.717) is 44.8 Å². The molecular weight excluding hydrogens is 708 g/mol. The lowest BCUT2D eigenvalue weighted by atomic mass is 9.65. The molecule has 3 aliphatic heterocycles. The molecule has 6 rings (SSSR count). The van der Waals surface area contributed by atoms with Crippen molar-refractivity contribution in [1.29, 1.82) is 0 Å². The first-order valence-corrected chi connectivity index (χ1v) is 19.9. The van der Waals surface area contributed by atoms with Gasteiger partial charge in [-0.2, -0.15) is 0 Å². The maximum Gasteiger partial charge on any atom is 0.407 e. The summed E-state index contributed by atoms with van der Waals surface area (Å²) in [5.41, 5.74) is 2.21. The topological polar surface area (TPSA) is 190 Å². The first-order valence-electron chi connectivity index (χ1n) is 19.9. The number of anilines is 1. The van der Waals surface area contributed by atoms with Crippen LogP contribution in [0.2, 0.25) is 0 Å². The molecule has 0 spiro atoms. The summed E-state index contributed by atoms with van der Waals surface area (Å²) in [6.45, 7) is 6.45. The number of aliphatic hydroxyl groups is 1. The zero-order valence-electron chi connectivity index (χ0n) is 31.8. The number of unbranched alkanes of at least 4 members (excludes halogenated alkanes) is 2. The van der Waals surface area contributed by atoms with Crippen LogP contribution in [0.3, 0.4) is 0 Å². The number of carbonyl (C=O) groups excluding carboxylic acids is 6. The molecule has 8 atom stereocenters. The van der Waals surface area contributed by atoms with E-state index in [1.54, 1.807) is 18.2 Å². The Morgan fingerprint density at radius 1 is 1.00 bits per heavy atom. The third-order valence-corrected chi connectivity index (χ3v) is 11.4. The summed E-state index contributed by atoms with van der Waals surface area (Å²) in [4.78, 5) is 76.0. The van der Waals surface area contributed by atoms with Crippen molar-refractivity contribution in [1.82, 2.24) is 15.5 Å². The first kappa shape index (κ1) is 40.1. The summed E-state index contributed by atoms with van der Waals surface area (Å²) in [6.07, 6.45) is 11.0. The van der Waals surface area contributed by atoms with E-state index in [9.17, 15) is 33.9 Å². The average molecular weight is 763 g/mol. The molecule has 14 nitrogen and oxygen atoms in total. The highest BCUT2D eigenvalue weighted by Crippen LogP contribution is 2.45. The van der Waals surface area contributed by atoms with Gasteiger partial charge in [-0.25, -0.2) is 4.79 Å². The van der Waals surface area contributed by atoms with Crippen LogP contribution in [-0.2, 0) is 28.6 Å². The maximum atomic E-state index is 13.3. The van der Waals surface area contributed by atoms with Crippen LogP contribution in [0.1, 0.15) is 105 Å². The molecule has 0 bridgehead atoms. The van der Waals surface area contributed by atoms with Crippen LogP contribution in [0.5, 0.6) is 0 Å². The van der Waals surface area contributed by atoms with Crippen molar-refractivity contribution in [2.24, 2.45) is 23.7 Å². The number of hydrogen-bond donors (Lipinski definition) is 4. The lowest BCUT2D eigenvalue weighted by Gasteiger charge is -2.43. The number of imide groups is 2. The van der Waals surface area contributed by atoms with Crippen molar-refractivity contribution in [2.75, 3.05) is 31.6 Å². The second kappa shape index (κ2) is 18.4. The van der Waals surface area contributed by atoms with E-state index >= 15 is 0 Å². The molecule has 2 fully saturated rings. The molecule has 4 N–H and O–H groups in total. The predicted molar refractivity (Wildman–Crippen MR) is 201 cm³/mol. The number of ether oxygens (including phenoxy) is 3. The van der Waals surface area contributed by atoms with Crippen LogP contribution in [0, 0.1) is 23.7 Å². The summed E-state index contributed by atoms with van der Waals surface area (Å²) >= 11 is 0. The van der Waals surface area contributed by atoms with Gasteiger partial charge in [-0.05, 0) is 86.8 Å². The molecule has 298 valence electrons. The van der Waals surface area contributed by atoms with Crippen molar-refractivity contribution in [2.45, 2.75) is 109 Å². The summed E-state index contributed by atoms with van der Waals surface area (Å²) in [7, 11) is 0. The Kier molecular flexibility index (Phi) is 13.4. The highest BCUT2D eigenvalue weighted by Gasteiger charge is 2.46. The van der Waals surface area contributed by atoms with E-state index < -0.39 is 41.9 Å². The quantitative estimate of drug-likeness (QED) is 0.106. The van der Waals surface area contributed by atoms with Gasteiger partial charge in [-0.1, -0.05) is 38.1 Å². The zero-order valence-corrected chi connectivity index (χ0v) is 31.8. The van der Waals surface area contributed by atoms with Gasteiger partial charge >= 0.3 is 12.1 Å². The standard InChI is InChI=1S/C41H54N4O10/c1-24-20-26-11-10-25(2)29(13-12-28-22-27(46)23-35(48)54-28)36(26)33(21-24)55-41(52)43-17-4-6-19-53-18-5-3-16-42-31-9-7-8-30-37(31)40(51)45(39(30)50)32-14-15-34(47)44-38(32)49/h7-11,20,24-25,27-29,32-33,36,42,46H,3-6,12-19,21-23H2,1-2H3,(H,43,52)(H,44,47,49)/t24-,25-,27+,28+,29-,32?,33-,36-/m0/s1. The van der Waals surface area contributed by atoms with E-state index in [1.165, 1.54) is 5.57 Å². The molecule has 1 aromatic carbocycles. The Bertz CT molecular complexity index is 1690. The number of fused-ring (bicyclic) bond motifs is 2. The third kappa shape index (κ3) is 9.82. The van der Waals surface area contributed by atoms with Gasteiger partial charge in [-0.3, -0.25) is 34.2 Å². The smallest absolute Gasteiger partial charge is 0.407 e. The van der Waals surface area contributed by atoms with Crippen molar-refractivity contribution in [3.8, 4) is 0 Å². The summed E-state index contributed by atoms with van der Waals surface area (Å²) < 4.78 is 17.4. The molecule has 1 aromatic rings. The Balaban J connectivity index is 0.858. The monoisotopic (exact) mass is 762 g/mol. The van der Waals surface area contributed by atoms with E-state index in [2.05, 4.69) is 48.0 Å². The highest BCUT2D eigenvalue weighted by atomic mass is 16.6. The lowest BCUT2D eigenvalue weighted by molar-refractivity contribution is -0.160. The Morgan fingerprint density at radius 3 is 2.55 bits per heavy atom. The fourth-order valence-corrected chi connectivity index (χ4v) is 8.65. The number of benzene rings is 1. The second-order valence-corrected chi connectivity index (χ2v) is 15.6. The van der Waals surface area contributed by atoms with E-state index in [0.717, 1.165) is 43.4 Å². The molecule has 0 aromatic heterocycles. The number of nitrogens with one attached hydrogen (secondary N) is 3. The van der Waals surface area contributed by atoms with Gasteiger partial charge in [0.15, 0.2) is 0 Å². The number of rotatable bonds is 16. The minimum atomic E-state index is -1.01. The lowest BCUT2D eigenvalue weighted by Crippen LogP contribution is -2.54. The molecule has 5 amide bonds. The molecule has 5 aliphatic rings. The van der Waals surface area contributed by atoms with Crippen molar-refractivity contribution in [3.63, 3.8) is 0 Å². The number of aliphatic hydroxyl groups excluding tert-OH is 1. The van der Waals surface area contributed by atoms with E-state index in [4.69, 9.17) is 14.2 Å².